The molecule has 0 aromatic heterocycles. The first kappa shape index (κ1) is 55.8. The molecule has 1 saturated heterocycles. The van der Waals surface area contributed by atoms with Crippen LogP contribution >= 0.6 is 23.2 Å². The Balaban J connectivity index is 1.85. The lowest BCUT2D eigenvalue weighted by Crippen LogP contribution is -2.50. The predicted molar refractivity (Wildman–Crippen MR) is 254 cm³/mol. The highest BCUT2D eigenvalue weighted by atomic mass is 35.5. The van der Waals surface area contributed by atoms with Crippen molar-refractivity contribution in [3.8, 4) is 0 Å². The number of esters is 2. The van der Waals surface area contributed by atoms with E-state index in [2.05, 4.69) is 10.2 Å². The minimum absolute atomic E-state index is 0.0382. The van der Waals surface area contributed by atoms with Crippen molar-refractivity contribution in [1.82, 2.24) is 9.80 Å². The molecule has 13 atom stereocenters. The number of nitrogens with one attached hydrogen (secondary N) is 1. The van der Waals surface area contributed by atoms with Gasteiger partial charge >= 0.3 is 11.9 Å². The molecule has 0 unspecified atom stereocenters. The van der Waals surface area contributed by atoms with E-state index in [0.717, 1.165) is 5.56 Å². The molecule has 1 fully saturated rings. The van der Waals surface area contributed by atoms with Crippen LogP contribution in [0.1, 0.15) is 117 Å². The highest BCUT2D eigenvalue weighted by Crippen LogP contribution is 2.45. The van der Waals surface area contributed by atoms with Crippen LogP contribution in [0.4, 0.5) is 11.4 Å². The fourth-order valence-corrected chi connectivity index (χ4v) is 9.72. The molecule has 0 amide bonds. The number of likely N-dealkylation sites (N-methyl/N-ethyl adjacent to an activating group) is 2. The van der Waals surface area contributed by atoms with Crippen molar-refractivity contribution in [2.45, 2.75) is 168 Å². The van der Waals surface area contributed by atoms with Gasteiger partial charge in [0.2, 0.25) is 0 Å². The van der Waals surface area contributed by atoms with Crippen molar-refractivity contribution in [3.05, 3.63) is 57.6 Å². The molecule has 64 heavy (non-hydrogen) atoms. The van der Waals surface area contributed by atoms with E-state index in [-0.39, 0.29) is 36.9 Å². The lowest BCUT2D eigenvalue weighted by molar-refractivity contribution is -0.175. The predicted octanol–water partition coefficient (Wildman–Crippen LogP) is 7.64. The Labute approximate surface area is 392 Å². The molecule has 15 heteroatoms. The van der Waals surface area contributed by atoms with Gasteiger partial charge in [-0.05, 0) is 117 Å². The van der Waals surface area contributed by atoms with Crippen LogP contribution < -0.4 is 5.32 Å². The maximum Gasteiger partial charge on any atom is 0.340 e. The minimum Gasteiger partial charge on any atom is -0.461 e. The number of halogens is 2. The van der Waals surface area contributed by atoms with E-state index in [9.17, 15) is 35.1 Å². The molecular weight excluding hydrogens is 861 g/mol. The van der Waals surface area contributed by atoms with Gasteiger partial charge in [-0.1, -0.05) is 76.0 Å². The molecule has 2 aromatic rings. The molecule has 3 rings (SSSR count). The quantitative estimate of drug-likeness (QED) is 0.0535. The van der Waals surface area contributed by atoms with Crippen molar-refractivity contribution in [2.24, 2.45) is 23.7 Å². The van der Waals surface area contributed by atoms with Gasteiger partial charge in [-0.2, -0.15) is 0 Å². The number of para-hydroxylation sites is 1. The Hall–Kier alpha value is -2.56. The molecule has 1 aliphatic heterocycles. The largest absolute Gasteiger partial charge is 0.461 e. The van der Waals surface area contributed by atoms with Gasteiger partial charge in [0.25, 0.3) is 0 Å². The van der Waals surface area contributed by atoms with Crippen LogP contribution in [0.5, 0.6) is 0 Å². The number of carbonyl (C=O) groups is 2. The summed E-state index contributed by atoms with van der Waals surface area (Å²) in [6, 6.07) is 10.1. The number of carbonyl (C=O) groups excluding carboxylic acids is 2. The number of hydrogen-bond acceptors (Lipinski definition) is 13. The van der Waals surface area contributed by atoms with E-state index in [1.165, 1.54) is 0 Å². The van der Waals surface area contributed by atoms with Crippen LogP contribution in [-0.2, 0) is 19.0 Å². The maximum absolute atomic E-state index is 13.5. The van der Waals surface area contributed by atoms with Crippen molar-refractivity contribution in [2.75, 3.05) is 39.1 Å². The van der Waals surface area contributed by atoms with E-state index in [4.69, 9.17) is 37.4 Å². The molecule has 2 aromatic carbocycles. The van der Waals surface area contributed by atoms with Crippen molar-refractivity contribution in [3.63, 3.8) is 0 Å². The zero-order valence-electron chi connectivity index (χ0n) is 40.5. The molecule has 0 spiro atoms. The second kappa shape index (κ2) is 24.5. The van der Waals surface area contributed by atoms with E-state index in [1.807, 2.05) is 66.6 Å². The number of aliphatic hydroxyl groups excluding tert-OH is 3. The monoisotopic (exact) mass is 940 g/mol. The number of nitrogens with zero attached hydrogens (tertiary/aromatic N) is 2. The molecule has 364 valence electrons. The van der Waals surface area contributed by atoms with Crippen molar-refractivity contribution in [1.29, 1.82) is 0 Å². The molecule has 0 radical (unpaired) electrons. The Kier molecular flexibility index (Phi) is 21.3. The molecule has 6 N–H and O–H groups in total. The molecular formula is C49H79Cl2N3O10. The first-order valence-corrected chi connectivity index (χ1v) is 23.8. The van der Waals surface area contributed by atoms with E-state index in [0.29, 0.717) is 65.8 Å². The SMILES string of the molecule is CC[C@H](O)[C@@H](C)N(C)C[C@H](C)C[C@]1(O)C[C@H]([C@@H](C)[C@@H](C[C@@H](C)O)N(C)CCOC(=O)c2ccccc2Nc2c(Cl)ccc(C)c2Cl)O[C@@H]1[C@@H](C)[C@H](O)[C@@H](C)C(=O)O[C@H](CC)C(C)(C)O. The number of hydrogen-bond donors (Lipinski definition) is 6. The Morgan fingerprint density at radius 3 is 2.20 bits per heavy atom. The number of aryl methyl sites for hydroxylation is 1. The third-order valence-corrected chi connectivity index (χ3v) is 14.2. The summed E-state index contributed by atoms with van der Waals surface area (Å²) < 4.78 is 18.3. The summed E-state index contributed by atoms with van der Waals surface area (Å²) in [5, 5.41) is 60.5. The van der Waals surface area contributed by atoms with Crippen LogP contribution in [0.2, 0.25) is 10.0 Å². The van der Waals surface area contributed by atoms with Crippen LogP contribution in [0.15, 0.2) is 36.4 Å². The van der Waals surface area contributed by atoms with Gasteiger partial charge in [-0.25, -0.2) is 4.79 Å². The molecule has 0 saturated carbocycles. The average molecular weight is 941 g/mol. The Morgan fingerprint density at radius 1 is 0.969 bits per heavy atom. The van der Waals surface area contributed by atoms with Crippen molar-refractivity contribution < 1.29 is 49.3 Å². The number of aliphatic hydroxyl groups is 5. The van der Waals surface area contributed by atoms with Crippen LogP contribution in [0.25, 0.3) is 0 Å². The molecule has 0 bridgehead atoms. The standard InChI is InChI=1S/C49H79Cl2N3O10/c1-14-39(56)34(9)54(13)27-28(3)25-49(61)26-40(63-45(49)32(7)44(57)33(8)46(58)64-41(15-2)48(10,11)60)31(6)38(24-30(5)55)53(12)22-23-62-47(59)35-18-16-17-19-37(35)52-43-36(50)21-20-29(4)42(43)51/h16-21,28,30-34,38-41,44-45,52,55-57,60-61H,14-15,22-27H2,1-13H3/t28-,30-,31+,32+,33-,34-,38-,39+,40-,41-,44+,45-,49+/m1/s1. The van der Waals surface area contributed by atoms with E-state index < -0.39 is 71.6 Å². The summed E-state index contributed by atoms with van der Waals surface area (Å²) in [6.45, 7) is 20.8. The van der Waals surface area contributed by atoms with Gasteiger partial charge in [0.15, 0.2) is 0 Å². The Morgan fingerprint density at radius 2 is 1.61 bits per heavy atom. The molecule has 0 aliphatic carbocycles. The number of anilines is 2. The lowest BCUT2D eigenvalue weighted by Gasteiger charge is -2.39. The lowest BCUT2D eigenvalue weighted by atomic mass is 9.75. The Bertz CT molecular complexity index is 1800. The van der Waals surface area contributed by atoms with E-state index in [1.54, 1.807) is 65.0 Å². The number of rotatable bonds is 25. The third kappa shape index (κ3) is 14.7. The van der Waals surface area contributed by atoms with Gasteiger partial charge in [-0.3, -0.25) is 9.69 Å². The topological polar surface area (TPSA) is 181 Å². The van der Waals surface area contributed by atoms with Gasteiger partial charge < -0.3 is 50.0 Å². The van der Waals surface area contributed by atoms with Crippen LogP contribution in [0.3, 0.4) is 0 Å². The summed E-state index contributed by atoms with van der Waals surface area (Å²) in [5.74, 6) is -3.23. The van der Waals surface area contributed by atoms with Gasteiger partial charge in [0.1, 0.15) is 12.7 Å². The second-order valence-corrected chi connectivity index (χ2v) is 20.1. The average Bonchev–Trinajstić information content (AvgIpc) is 3.58. The van der Waals surface area contributed by atoms with Gasteiger partial charge in [0.05, 0.1) is 74.6 Å². The summed E-state index contributed by atoms with van der Waals surface area (Å²) in [5.41, 5.74) is -0.611. The maximum atomic E-state index is 13.5. The molecule has 1 aliphatic rings. The summed E-state index contributed by atoms with van der Waals surface area (Å²) in [4.78, 5) is 31.0. The van der Waals surface area contributed by atoms with Crippen LogP contribution in [-0.4, -0.2) is 141 Å². The summed E-state index contributed by atoms with van der Waals surface area (Å²) in [7, 11) is 3.85. The number of ether oxygens (including phenoxy) is 3. The highest BCUT2D eigenvalue weighted by molar-refractivity contribution is 6.39. The first-order valence-electron chi connectivity index (χ1n) is 23.0. The minimum atomic E-state index is -1.42. The highest BCUT2D eigenvalue weighted by Gasteiger charge is 2.54. The zero-order chi connectivity index (χ0) is 48.4. The smallest absolute Gasteiger partial charge is 0.340 e. The fraction of sp³-hybridized carbons (Fsp3) is 0.714. The molecule has 1 heterocycles. The zero-order valence-corrected chi connectivity index (χ0v) is 42.0. The first-order chi connectivity index (χ1) is 29.8. The molecule has 13 nitrogen and oxygen atoms in total. The van der Waals surface area contributed by atoms with Crippen LogP contribution in [0, 0.1) is 30.6 Å². The summed E-state index contributed by atoms with van der Waals surface area (Å²) >= 11 is 13.0. The summed E-state index contributed by atoms with van der Waals surface area (Å²) in [6.07, 6.45) is -2.73. The third-order valence-electron chi connectivity index (χ3n) is 13.4. The second-order valence-electron chi connectivity index (χ2n) is 19.3. The van der Waals surface area contributed by atoms with Gasteiger partial charge in [-0.15, -0.1) is 0 Å². The fourth-order valence-electron chi connectivity index (χ4n) is 9.25. The normalized spacial score (nSPS) is 22.8. The van der Waals surface area contributed by atoms with Gasteiger partial charge in [0, 0.05) is 37.5 Å². The van der Waals surface area contributed by atoms with Crippen molar-refractivity contribution >= 4 is 46.5 Å². The van der Waals surface area contributed by atoms with E-state index >= 15 is 0 Å². The number of benzene rings is 2.